The topological polar surface area (TPSA) is 35.2 Å². The molecule has 2 heteroatoms. The Morgan fingerprint density at radius 2 is 1.93 bits per heavy atom. The van der Waals surface area contributed by atoms with E-state index in [4.69, 9.17) is 10.5 Å². The molecule has 0 aliphatic heterocycles. The van der Waals surface area contributed by atoms with Crippen LogP contribution in [-0.2, 0) is 0 Å². The van der Waals surface area contributed by atoms with E-state index in [0.29, 0.717) is 12.0 Å². The zero-order chi connectivity index (χ0) is 11.2. The van der Waals surface area contributed by atoms with Gasteiger partial charge in [-0.1, -0.05) is 26.0 Å². The molecule has 1 aliphatic carbocycles. The summed E-state index contributed by atoms with van der Waals surface area (Å²) in [4.78, 5) is 0. The van der Waals surface area contributed by atoms with Gasteiger partial charge < -0.3 is 10.5 Å². The fraction of sp³-hybridized carbons (Fsp3) is 0.538. The summed E-state index contributed by atoms with van der Waals surface area (Å²) in [5.74, 6) is 1.45. The SMILES string of the molecule is COc1ccc(C2C(N)C2(C)C)cc1C. The highest BCUT2D eigenvalue weighted by molar-refractivity contribution is 5.42. The van der Waals surface area contributed by atoms with E-state index in [9.17, 15) is 0 Å². The number of methoxy groups -OCH3 is 1. The van der Waals surface area contributed by atoms with E-state index in [-0.39, 0.29) is 5.41 Å². The minimum atomic E-state index is 0.251. The third-order valence-corrected chi connectivity index (χ3v) is 3.69. The van der Waals surface area contributed by atoms with Crippen LogP contribution in [0.4, 0.5) is 0 Å². The molecule has 1 aliphatic rings. The van der Waals surface area contributed by atoms with E-state index >= 15 is 0 Å². The molecule has 0 saturated heterocycles. The average Bonchev–Trinajstić information content (AvgIpc) is 2.66. The van der Waals surface area contributed by atoms with Crippen LogP contribution in [0.25, 0.3) is 0 Å². The van der Waals surface area contributed by atoms with Gasteiger partial charge in [0, 0.05) is 12.0 Å². The maximum absolute atomic E-state index is 6.07. The molecule has 1 aromatic rings. The molecule has 2 unspecified atom stereocenters. The highest BCUT2D eigenvalue weighted by Gasteiger charge is 2.56. The van der Waals surface area contributed by atoms with E-state index in [0.717, 1.165) is 5.75 Å². The van der Waals surface area contributed by atoms with Crippen LogP contribution in [0.15, 0.2) is 18.2 Å². The van der Waals surface area contributed by atoms with Gasteiger partial charge in [0.1, 0.15) is 5.75 Å². The van der Waals surface area contributed by atoms with Crippen molar-refractivity contribution in [3.63, 3.8) is 0 Å². The van der Waals surface area contributed by atoms with Gasteiger partial charge in [0.15, 0.2) is 0 Å². The van der Waals surface area contributed by atoms with Crippen molar-refractivity contribution in [1.29, 1.82) is 0 Å². The summed E-state index contributed by atoms with van der Waals surface area (Å²) < 4.78 is 5.25. The zero-order valence-corrected chi connectivity index (χ0v) is 9.87. The van der Waals surface area contributed by atoms with Crippen molar-refractivity contribution in [2.45, 2.75) is 32.7 Å². The second-order valence-electron chi connectivity index (χ2n) is 5.05. The van der Waals surface area contributed by atoms with Gasteiger partial charge in [-0.15, -0.1) is 0 Å². The van der Waals surface area contributed by atoms with Gasteiger partial charge in [0.05, 0.1) is 7.11 Å². The fourth-order valence-corrected chi connectivity index (χ4v) is 2.41. The Morgan fingerprint density at radius 3 is 2.33 bits per heavy atom. The predicted molar refractivity (Wildman–Crippen MR) is 62.2 cm³/mol. The van der Waals surface area contributed by atoms with E-state index in [1.54, 1.807) is 7.11 Å². The summed E-state index contributed by atoms with van der Waals surface area (Å²) in [5.41, 5.74) is 8.84. The number of hydrogen-bond donors (Lipinski definition) is 1. The highest BCUT2D eigenvalue weighted by Crippen LogP contribution is 2.57. The van der Waals surface area contributed by atoms with Gasteiger partial charge in [-0.05, 0) is 29.5 Å². The van der Waals surface area contributed by atoms with E-state index < -0.39 is 0 Å². The van der Waals surface area contributed by atoms with E-state index in [2.05, 4.69) is 32.9 Å². The van der Waals surface area contributed by atoms with E-state index in [1.165, 1.54) is 11.1 Å². The van der Waals surface area contributed by atoms with Crippen molar-refractivity contribution in [1.82, 2.24) is 0 Å². The molecule has 0 radical (unpaired) electrons. The summed E-state index contributed by atoms with van der Waals surface area (Å²) in [6.07, 6.45) is 0. The highest BCUT2D eigenvalue weighted by atomic mass is 16.5. The van der Waals surface area contributed by atoms with Gasteiger partial charge >= 0.3 is 0 Å². The van der Waals surface area contributed by atoms with Gasteiger partial charge in [0.25, 0.3) is 0 Å². The number of hydrogen-bond acceptors (Lipinski definition) is 2. The minimum absolute atomic E-state index is 0.251. The Kier molecular flexibility index (Phi) is 2.27. The quantitative estimate of drug-likeness (QED) is 0.805. The van der Waals surface area contributed by atoms with E-state index in [1.807, 2.05) is 6.07 Å². The summed E-state index contributed by atoms with van der Waals surface area (Å²) in [6, 6.07) is 6.65. The molecule has 0 amide bonds. The Balaban J connectivity index is 2.29. The molecule has 0 spiro atoms. The molecular weight excluding hydrogens is 186 g/mol. The van der Waals surface area contributed by atoms with Crippen molar-refractivity contribution >= 4 is 0 Å². The molecule has 0 bridgehead atoms. The molecule has 2 N–H and O–H groups in total. The standard InChI is InChI=1S/C13H19NO/c1-8-7-9(5-6-10(8)15-4)11-12(14)13(11,2)3/h5-7,11-12H,14H2,1-4H3. The maximum atomic E-state index is 6.07. The van der Waals surface area contributed by atoms with Crippen LogP contribution in [-0.4, -0.2) is 13.2 Å². The summed E-state index contributed by atoms with van der Waals surface area (Å²) in [6.45, 7) is 6.52. The van der Waals surface area contributed by atoms with Crippen molar-refractivity contribution in [3.05, 3.63) is 29.3 Å². The lowest BCUT2D eigenvalue weighted by Gasteiger charge is -2.08. The van der Waals surface area contributed by atoms with Gasteiger partial charge in [-0.2, -0.15) is 0 Å². The molecule has 15 heavy (non-hydrogen) atoms. The van der Waals surface area contributed by atoms with Crippen LogP contribution in [0.1, 0.15) is 30.9 Å². The third kappa shape index (κ3) is 1.53. The molecule has 2 atom stereocenters. The monoisotopic (exact) mass is 205 g/mol. The molecule has 2 rings (SSSR count). The molecule has 1 fully saturated rings. The largest absolute Gasteiger partial charge is 0.496 e. The summed E-state index contributed by atoms with van der Waals surface area (Å²) in [7, 11) is 1.70. The Bertz CT molecular complexity index is 384. The molecule has 0 aromatic heterocycles. The smallest absolute Gasteiger partial charge is 0.121 e. The Labute approximate surface area is 91.4 Å². The first kappa shape index (κ1) is 10.5. The maximum Gasteiger partial charge on any atom is 0.121 e. The molecule has 1 saturated carbocycles. The van der Waals surface area contributed by atoms with Crippen LogP contribution in [0, 0.1) is 12.3 Å². The minimum Gasteiger partial charge on any atom is -0.496 e. The molecule has 82 valence electrons. The number of aryl methyl sites for hydroxylation is 1. The first-order valence-corrected chi connectivity index (χ1v) is 5.38. The van der Waals surface area contributed by atoms with Crippen LogP contribution in [0.3, 0.4) is 0 Å². The van der Waals surface area contributed by atoms with Crippen molar-refractivity contribution in [2.24, 2.45) is 11.1 Å². The number of nitrogens with two attached hydrogens (primary N) is 1. The molecule has 0 heterocycles. The Hall–Kier alpha value is -1.02. The molecule has 2 nitrogen and oxygen atoms in total. The number of ether oxygens (including phenoxy) is 1. The van der Waals surface area contributed by atoms with Crippen LogP contribution in [0.5, 0.6) is 5.75 Å². The van der Waals surface area contributed by atoms with Crippen molar-refractivity contribution in [3.8, 4) is 5.75 Å². The zero-order valence-electron chi connectivity index (χ0n) is 9.87. The normalized spacial score (nSPS) is 27.5. The third-order valence-electron chi connectivity index (χ3n) is 3.69. The Morgan fingerprint density at radius 1 is 1.33 bits per heavy atom. The van der Waals surface area contributed by atoms with Crippen molar-refractivity contribution in [2.75, 3.05) is 7.11 Å². The molecular formula is C13H19NO. The van der Waals surface area contributed by atoms with Crippen LogP contribution < -0.4 is 10.5 Å². The average molecular weight is 205 g/mol. The molecule has 1 aromatic carbocycles. The van der Waals surface area contributed by atoms with Crippen molar-refractivity contribution < 1.29 is 4.74 Å². The number of benzene rings is 1. The van der Waals surface area contributed by atoms with Crippen LogP contribution >= 0.6 is 0 Å². The summed E-state index contributed by atoms with van der Waals surface area (Å²) >= 11 is 0. The first-order valence-electron chi connectivity index (χ1n) is 5.38. The second kappa shape index (κ2) is 3.24. The van der Waals surface area contributed by atoms with Gasteiger partial charge in [0.2, 0.25) is 0 Å². The van der Waals surface area contributed by atoms with Gasteiger partial charge in [-0.25, -0.2) is 0 Å². The lowest BCUT2D eigenvalue weighted by molar-refractivity contribution is 0.411. The number of rotatable bonds is 2. The lowest BCUT2D eigenvalue weighted by Crippen LogP contribution is -2.06. The predicted octanol–water partition coefficient (Wildman–Crippen LogP) is 2.45. The fourth-order valence-electron chi connectivity index (χ4n) is 2.41. The second-order valence-corrected chi connectivity index (χ2v) is 5.05. The summed E-state index contributed by atoms with van der Waals surface area (Å²) in [5, 5.41) is 0. The van der Waals surface area contributed by atoms with Crippen LogP contribution in [0.2, 0.25) is 0 Å². The first-order chi connectivity index (χ1) is 6.98. The van der Waals surface area contributed by atoms with Gasteiger partial charge in [-0.3, -0.25) is 0 Å². The lowest BCUT2D eigenvalue weighted by atomic mass is 10.0.